The van der Waals surface area contributed by atoms with Crippen molar-refractivity contribution in [2.24, 2.45) is 5.92 Å². The average molecular weight is 313 g/mol. The summed E-state index contributed by atoms with van der Waals surface area (Å²) in [6.45, 7) is 4.65. The lowest BCUT2D eigenvalue weighted by molar-refractivity contribution is 0.0682. The molecule has 1 amide bonds. The molecule has 1 aromatic carbocycles. The van der Waals surface area contributed by atoms with Gasteiger partial charge >= 0.3 is 0 Å². The van der Waals surface area contributed by atoms with Gasteiger partial charge in [0.25, 0.3) is 5.91 Å². The highest BCUT2D eigenvalue weighted by atomic mass is 16.5. The Hall–Kier alpha value is -2.30. The monoisotopic (exact) mass is 313 g/mol. The molecule has 0 unspecified atom stereocenters. The summed E-state index contributed by atoms with van der Waals surface area (Å²) in [5.41, 5.74) is 0.702. The van der Waals surface area contributed by atoms with Crippen LogP contribution in [0.1, 0.15) is 29.0 Å². The topological polar surface area (TPSA) is 47.4 Å². The maximum absolute atomic E-state index is 12.6. The normalized spacial score (nSPS) is 15.7. The van der Waals surface area contributed by atoms with Crippen LogP contribution in [0.2, 0.25) is 0 Å². The number of aromatic nitrogens is 2. The van der Waals surface area contributed by atoms with Gasteiger partial charge in [0.15, 0.2) is 0 Å². The zero-order valence-electron chi connectivity index (χ0n) is 13.7. The van der Waals surface area contributed by atoms with E-state index in [2.05, 4.69) is 9.55 Å². The van der Waals surface area contributed by atoms with Gasteiger partial charge in [0, 0.05) is 37.6 Å². The standard InChI is InChI=1S/C18H23N3O2/c1-14-19-8-11-21(14)13-15-6-9-20(10-7-15)18(22)16-4-3-5-17(12-16)23-2/h3-5,8,11-12,15H,6-7,9-10,13H2,1-2H3. The summed E-state index contributed by atoms with van der Waals surface area (Å²) >= 11 is 0. The highest BCUT2D eigenvalue weighted by Gasteiger charge is 2.24. The molecule has 2 heterocycles. The van der Waals surface area contributed by atoms with E-state index < -0.39 is 0 Å². The van der Waals surface area contributed by atoms with Crippen LogP contribution in [0, 0.1) is 12.8 Å². The third-order valence-corrected chi connectivity index (χ3v) is 4.60. The fourth-order valence-electron chi connectivity index (χ4n) is 3.13. The van der Waals surface area contributed by atoms with Crippen LogP contribution in [0.4, 0.5) is 0 Å². The lowest BCUT2D eigenvalue weighted by atomic mass is 9.96. The van der Waals surface area contributed by atoms with Gasteiger partial charge in [0.1, 0.15) is 11.6 Å². The minimum absolute atomic E-state index is 0.0983. The van der Waals surface area contributed by atoms with Crippen molar-refractivity contribution in [1.29, 1.82) is 0 Å². The molecule has 0 saturated carbocycles. The third kappa shape index (κ3) is 3.55. The minimum atomic E-state index is 0.0983. The lowest BCUT2D eigenvalue weighted by Crippen LogP contribution is -2.39. The van der Waals surface area contributed by atoms with Crippen LogP contribution >= 0.6 is 0 Å². The van der Waals surface area contributed by atoms with Crippen LogP contribution in [-0.4, -0.2) is 40.6 Å². The molecule has 1 fully saturated rings. The van der Waals surface area contributed by atoms with Gasteiger partial charge in [0.05, 0.1) is 7.11 Å². The molecule has 1 aromatic heterocycles. The van der Waals surface area contributed by atoms with Crippen molar-refractivity contribution in [2.45, 2.75) is 26.3 Å². The Bertz CT molecular complexity index is 672. The highest BCUT2D eigenvalue weighted by molar-refractivity contribution is 5.94. The Morgan fingerprint density at radius 3 is 2.78 bits per heavy atom. The zero-order chi connectivity index (χ0) is 16.2. The molecule has 122 valence electrons. The number of amides is 1. The maximum atomic E-state index is 12.6. The van der Waals surface area contributed by atoms with Gasteiger partial charge in [-0.25, -0.2) is 4.98 Å². The number of ether oxygens (including phenoxy) is 1. The number of imidazole rings is 1. The van der Waals surface area contributed by atoms with Crippen LogP contribution in [-0.2, 0) is 6.54 Å². The molecule has 0 N–H and O–H groups in total. The summed E-state index contributed by atoms with van der Waals surface area (Å²) < 4.78 is 7.40. The van der Waals surface area contributed by atoms with Gasteiger partial charge in [-0.3, -0.25) is 4.79 Å². The number of methoxy groups -OCH3 is 1. The van der Waals surface area contributed by atoms with Crippen LogP contribution in [0.5, 0.6) is 5.75 Å². The quantitative estimate of drug-likeness (QED) is 0.872. The predicted molar refractivity (Wildman–Crippen MR) is 88.6 cm³/mol. The van der Waals surface area contributed by atoms with E-state index in [0.29, 0.717) is 11.5 Å². The van der Waals surface area contributed by atoms with Crippen molar-refractivity contribution in [2.75, 3.05) is 20.2 Å². The van der Waals surface area contributed by atoms with Crippen molar-refractivity contribution >= 4 is 5.91 Å². The number of piperidine rings is 1. The molecular weight excluding hydrogens is 290 g/mol. The number of carbonyl (C=O) groups is 1. The fraction of sp³-hybridized carbons (Fsp3) is 0.444. The summed E-state index contributed by atoms with van der Waals surface area (Å²) in [6.07, 6.45) is 5.94. The number of likely N-dealkylation sites (tertiary alicyclic amines) is 1. The van der Waals surface area contributed by atoms with Gasteiger partial charge in [-0.15, -0.1) is 0 Å². The second-order valence-electron chi connectivity index (χ2n) is 6.09. The molecule has 3 rings (SSSR count). The second-order valence-corrected chi connectivity index (χ2v) is 6.09. The first-order valence-electron chi connectivity index (χ1n) is 8.08. The number of nitrogens with zero attached hydrogens (tertiary/aromatic N) is 3. The van der Waals surface area contributed by atoms with Crippen molar-refractivity contribution in [3.05, 3.63) is 48.0 Å². The summed E-state index contributed by atoms with van der Waals surface area (Å²) in [5, 5.41) is 0. The summed E-state index contributed by atoms with van der Waals surface area (Å²) in [4.78, 5) is 18.8. The first-order valence-corrected chi connectivity index (χ1v) is 8.08. The van der Waals surface area contributed by atoms with Gasteiger partial charge in [-0.2, -0.15) is 0 Å². The Morgan fingerprint density at radius 1 is 1.35 bits per heavy atom. The zero-order valence-corrected chi connectivity index (χ0v) is 13.7. The number of hydrogen-bond acceptors (Lipinski definition) is 3. The van der Waals surface area contributed by atoms with Crippen LogP contribution < -0.4 is 4.74 Å². The van der Waals surface area contributed by atoms with Gasteiger partial charge < -0.3 is 14.2 Å². The molecule has 5 heteroatoms. The van der Waals surface area contributed by atoms with Crippen molar-refractivity contribution in [3.63, 3.8) is 0 Å². The molecule has 2 aromatic rings. The van der Waals surface area contributed by atoms with E-state index in [1.807, 2.05) is 48.5 Å². The predicted octanol–water partition coefficient (Wildman–Crippen LogP) is 2.75. The van der Waals surface area contributed by atoms with Crippen LogP contribution in [0.25, 0.3) is 0 Å². The first kappa shape index (κ1) is 15.6. The number of rotatable bonds is 4. The van der Waals surface area contributed by atoms with E-state index >= 15 is 0 Å². The number of carbonyl (C=O) groups excluding carboxylic acids is 1. The van der Waals surface area contributed by atoms with Crippen molar-refractivity contribution in [3.8, 4) is 5.75 Å². The van der Waals surface area contributed by atoms with Crippen molar-refractivity contribution in [1.82, 2.24) is 14.5 Å². The molecule has 1 saturated heterocycles. The smallest absolute Gasteiger partial charge is 0.253 e. The molecule has 0 aliphatic carbocycles. The number of hydrogen-bond donors (Lipinski definition) is 0. The van der Waals surface area contributed by atoms with Crippen LogP contribution in [0.3, 0.4) is 0 Å². The Morgan fingerprint density at radius 2 is 2.13 bits per heavy atom. The number of benzene rings is 1. The SMILES string of the molecule is COc1cccc(C(=O)N2CCC(Cn3ccnc3C)CC2)c1. The van der Waals surface area contributed by atoms with E-state index in [0.717, 1.165) is 44.0 Å². The van der Waals surface area contributed by atoms with Crippen LogP contribution in [0.15, 0.2) is 36.7 Å². The molecule has 0 radical (unpaired) electrons. The minimum Gasteiger partial charge on any atom is -0.497 e. The van der Waals surface area contributed by atoms with E-state index in [-0.39, 0.29) is 5.91 Å². The maximum Gasteiger partial charge on any atom is 0.253 e. The van der Waals surface area contributed by atoms with Crippen molar-refractivity contribution < 1.29 is 9.53 Å². The molecule has 0 bridgehead atoms. The molecular formula is C18H23N3O2. The first-order chi connectivity index (χ1) is 11.2. The largest absolute Gasteiger partial charge is 0.497 e. The Balaban J connectivity index is 1.58. The van der Waals surface area contributed by atoms with E-state index in [1.165, 1.54) is 0 Å². The van der Waals surface area contributed by atoms with Gasteiger partial charge in [0.2, 0.25) is 0 Å². The molecule has 0 spiro atoms. The molecule has 0 atom stereocenters. The molecule has 5 nitrogen and oxygen atoms in total. The van der Waals surface area contributed by atoms with E-state index in [9.17, 15) is 4.79 Å². The third-order valence-electron chi connectivity index (χ3n) is 4.60. The fourth-order valence-corrected chi connectivity index (χ4v) is 3.13. The average Bonchev–Trinajstić information content (AvgIpc) is 3.00. The lowest BCUT2D eigenvalue weighted by Gasteiger charge is -2.32. The summed E-state index contributed by atoms with van der Waals surface area (Å²) in [5.74, 6) is 2.49. The van der Waals surface area contributed by atoms with E-state index in [4.69, 9.17) is 4.74 Å². The second kappa shape index (κ2) is 6.86. The molecule has 23 heavy (non-hydrogen) atoms. The number of aryl methyl sites for hydroxylation is 1. The molecule has 1 aliphatic heterocycles. The van der Waals surface area contributed by atoms with Gasteiger partial charge in [-0.05, 0) is 43.9 Å². The summed E-state index contributed by atoms with van der Waals surface area (Å²) in [6, 6.07) is 7.38. The Labute approximate surface area is 136 Å². The molecule has 1 aliphatic rings. The van der Waals surface area contributed by atoms with Gasteiger partial charge in [-0.1, -0.05) is 6.07 Å². The Kier molecular flexibility index (Phi) is 4.65. The van der Waals surface area contributed by atoms with E-state index in [1.54, 1.807) is 7.11 Å². The highest BCUT2D eigenvalue weighted by Crippen LogP contribution is 2.22. The summed E-state index contributed by atoms with van der Waals surface area (Å²) in [7, 11) is 1.62.